The molecule has 2 unspecified atom stereocenters. The molecule has 0 radical (unpaired) electrons. The lowest BCUT2D eigenvalue weighted by atomic mass is 9.94. The Kier molecular flexibility index (Phi) is 11.5. The molecular formula is C30H41ClN4O5. The van der Waals surface area contributed by atoms with Gasteiger partial charge in [0.1, 0.15) is 17.7 Å². The van der Waals surface area contributed by atoms with Crippen LogP contribution in [0, 0.1) is 20.8 Å². The van der Waals surface area contributed by atoms with Crippen molar-refractivity contribution >= 4 is 41.1 Å². The van der Waals surface area contributed by atoms with Gasteiger partial charge in [0, 0.05) is 6.54 Å². The first-order valence-corrected chi connectivity index (χ1v) is 13.7. The summed E-state index contributed by atoms with van der Waals surface area (Å²) in [6, 6.07) is 8.38. The van der Waals surface area contributed by atoms with Crippen LogP contribution in [0.2, 0.25) is 5.02 Å². The van der Waals surface area contributed by atoms with Gasteiger partial charge in [0.15, 0.2) is 0 Å². The summed E-state index contributed by atoms with van der Waals surface area (Å²) in [5.41, 5.74) is 8.21. The predicted octanol–water partition coefficient (Wildman–Crippen LogP) is 5.34. The molecule has 9 nitrogen and oxygen atoms in total. The van der Waals surface area contributed by atoms with E-state index in [-0.39, 0.29) is 6.54 Å². The molecule has 0 bridgehead atoms. The number of nitrogens with one attached hydrogen (secondary N) is 2. The van der Waals surface area contributed by atoms with Gasteiger partial charge in [-0.15, -0.1) is 0 Å². The highest BCUT2D eigenvalue weighted by atomic mass is 35.5. The zero-order valence-corrected chi connectivity index (χ0v) is 25.1. The smallest absolute Gasteiger partial charge is 0.408 e. The van der Waals surface area contributed by atoms with Crippen molar-refractivity contribution in [3.05, 3.63) is 63.7 Å². The first-order chi connectivity index (χ1) is 18.7. The summed E-state index contributed by atoms with van der Waals surface area (Å²) in [6.07, 6.45) is -0.0386. The normalized spacial score (nSPS) is 12.7. The Morgan fingerprint density at radius 3 is 2.23 bits per heavy atom. The largest absolute Gasteiger partial charge is 0.444 e. The second-order valence-corrected chi connectivity index (χ2v) is 11.3. The van der Waals surface area contributed by atoms with Gasteiger partial charge in [0.05, 0.1) is 17.1 Å². The molecule has 0 fully saturated rings. The average Bonchev–Trinajstić information content (AvgIpc) is 2.84. The van der Waals surface area contributed by atoms with Crippen LogP contribution in [-0.4, -0.2) is 46.9 Å². The molecule has 2 aromatic rings. The summed E-state index contributed by atoms with van der Waals surface area (Å²) >= 11 is 6.42. The average molecular weight is 573 g/mol. The number of rotatable bonds is 11. The number of carbonyl (C=O) groups excluding carboxylic acids is 4. The van der Waals surface area contributed by atoms with E-state index < -0.39 is 47.9 Å². The van der Waals surface area contributed by atoms with Crippen molar-refractivity contribution in [3.63, 3.8) is 0 Å². The van der Waals surface area contributed by atoms with Crippen molar-refractivity contribution in [1.82, 2.24) is 10.2 Å². The van der Waals surface area contributed by atoms with Gasteiger partial charge >= 0.3 is 6.09 Å². The number of para-hydroxylation sites is 1. The van der Waals surface area contributed by atoms with Crippen LogP contribution in [0.3, 0.4) is 0 Å². The minimum absolute atomic E-state index is 0.188. The van der Waals surface area contributed by atoms with Crippen molar-refractivity contribution in [2.24, 2.45) is 5.73 Å². The molecule has 2 rings (SSSR count). The maximum Gasteiger partial charge on any atom is 0.408 e. The van der Waals surface area contributed by atoms with Gasteiger partial charge in [0.25, 0.3) is 5.91 Å². The third-order valence-electron chi connectivity index (χ3n) is 6.40. The highest BCUT2D eigenvalue weighted by Crippen LogP contribution is 2.31. The number of nitrogens with two attached hydrogens (primary N) is 1. The molecule has 0 saturated heterocycles. The van der Waals surface area contributed by atoms with Crippen LogP contribution < -0.4 is 16.4 Å². The van der Waals surface area contributed by atoms with E-state index in [4.69, 9.17) is 22.1 Å². The first-order valence-electron chi connectivity index (χ1n) is 13.4. The van der Waals surface area contributed by atoms with Gasteiger partial charge in [-0.05, 0) is 76.3 Å². The van der Waals surface area contributed by atoms with Crippen molar-refractivity contribution in [2.45, 2.75) is 85.4 Å². The molecule has 0 aliphatic carbocycles. The maximum absolute atomic E-state index is 14.1. The van der Waals surface area contributed by atoms with Crippen molar-refractivity contribution in [1.29, 1.82) is 0 Å². The number of carbonyl (C=O) groups is 4. The molecule has 4 amide bonds. The number of anilines is 1. The molecular weight excluding hydrogens is 532 g/mol. The van der Waals surface area contributed by atoms with E-state index in [1.54, 1.807) is 39.0 Å². The highest BCUT2D eigenvalue weighted by molar-refractivity contribution is 6.34. The van der Waals surface area contributed by atoms with E-state index in [2.05, 4.69) is 10.6 Å². The first kappa shape index (κ1) is 32.6. The van der Waals surface area contributed by atoms with Crippen molar-refractivity contribution in [3.8, 4) is 0 Å². The number of hydrogen-bond donors (Lipinski definition) is 3. The Hall–Kier alpha value is -3.59. The number of hydrogen-bond acceptors (Lipinski definition) is 5. The fourth-order valence-electron chi connectivity index (χ4n) is 4.25. The molecule has 0 spiro atoms. The van der Waals surface area contributed by atoms with Crippen molar-refractivity contribution in [2.75, 3.05) is 11.9 Å². The summed E-state index contributed by atoms with van der Waals surface area (Å²) in [4.78, 5) is 54.2. The summed E-state index contributed by atoms with van der Waals surface area (Å²) in [5, 5.41) is 5.77. The minimum Gasteiger partial charge on any atom is -0.444 e. The summed E-state index contributed by atoms with van der Waals surface area (Å²) in [6.45, 7) is 12.8. The molecule has 0 aromatic heterocycles. The second-order valence-electron chi connectivity index (χ2n) is 10.9. The van der Waals surface area contributed by atoms with Gasteiger partial charge in [-0.1, -0.05) is 55.3 Å². The topological polar surface area (TPSA) is 131 Å². The number of benzene rings is 2. The fourth-order valence-corrected chi connectivity index (χ4v) is 4.52. The lowest BCUT2D eigenvalue weighted by Crippen LogP contribution is -2.53. The molecule has 0 saturated carbocycles. The minimum atomic E-state index is -1.34. The number of unbranched alkanes of at least 4 members (excludes halogenated alkanes) is 1. The predicted molar refractivity (Wildman–Crippen MR) is 157 cm³/mol. The molecule has 0 aliphatic rings. The van der Waals surface area contributed by atoms with Crippen LogP contribution in [0.1, 0.15) is 75.3 Å². The Bertz CT molecular complexity index is 1220. The highest BCUT2D eigenvalue weighted by Gasteiger charge is 2.37. The van der Waals surface area contributed by atoms with Gasteiger partial charge < -0.3 is 26.0 Å². The molecule has 0 aliphatic heterocycles. The molecule has 10 heteroatoms. The zero-order chi connectivity index (χ0) is 30.2. The van der Waals surface area contributed by atoms with E-state index in [1.807, 2.05) is 45.9 Å². The number of primary amides is 1. The summed E-state index contributed by atoms with van der Waals surface area (Å²) in [5.74, 6) is -1.90. The molecule has 2 atom stereocenters. The third kappa shape index (κ3) is 8.98. The monoisotopic (exact) mass is 572 g/mol. The van der Waals surface area contributed by atoms with E-state index in [0.717, 1.165) is 23.1 Å². The summed E-state index contributed by atoms with van der Waals surface area (Å²) in [7, 11) is 0. The number of ether oxygens (including phenoxy) is 1. The van der Waals surface area contributed by atoms with Crippen LogP contribution in [-0.2, 0) is 19.1 Å². The van der Waals surface area contributed by atoms with Gasteiger partial charge in [0.2, 0.25) is 11.8 Å². The van der Waals surface area contributed by atoms with Gasteiger partial charge in [-0.2, -0.15) is 0 Å². The SMILES string of the molecule is CCCCN(C(=O)C(CC(N)=O)NC(=O)OC(C)(C)C)C(C(=O)Nc1c(C)cccc1Cl)c1cccc(C)c1C. The van der Waals surface area contributed by atoms with E-state index in [0.29, 0.717) is 22.7 Å². The van der Waals surface area contributed by atoms with E-state index in [9.17, 15) is 19.2 Å². The van der Waals surface area contributed by atoms with E-state index in [1.165, 1.54) is 4.90 Å². The number of alkyl carbamates (subject to hydrolysis) is 1. The lowest BCUT2D eigenvalue weighted by Gasteiger charge is -2.35. The lowest BCUT2D eigenvalue weighted by molar-refractivity contribution is -0.142. The van der Waals surface area contributed by atoms with Crippen LogP contribution >= 0.6 is 11.6 Å². The van der Waals surface area contributed by atoms with Crippen LogP contribution in [0.4, 0.5) is 10.5 Å². The fraction of sp³-hybridized carbons (Fsp3) is 0.467. The van der Waals surface area contributed by atoms with E-state index >= 15 is 0 Å². The molecule has 0 heterocycles. The second kappa shape index (κ2) is 14.2. The van der Waals surface area contributed by atoms with Crippen molar-refractivity contribution < 1.29 is 23.9 Å². The number of halogens is 1. The Balaban J connectivity index is 2.64. The standard InChI is InChI=1S/C30H41ClN4O5/c1-8-9-16-35(28(38)23(17-24(32)36)33-29(39)40-30(5,6)7)26(21-14-10-12-18(2)20(21)4)27(37)34-25-19(3)13-11-15-22(25)31/h10-15,23,26H,8-9,16-17H2,1-7H3,(H2,32,36)(H,33,39)(H,34,37). The number of amides is 4. The molecule has 2 aromatic carbocycles. The van der Waals surface area contributed by atoms with Gasteiger partial charge in [-0.25, -0.2) is 4.79 Å². The maximum atomic E-state index is 14.1. The quantitative estimate of drug-likeness (QED) is 0.334. The number of aryl methyl sites for hydroxylation is 2. The van der Waals surface area contributed by atoms with Gasteiger partial charge in [-0.3, -0.25) is 14.4 Å². The molecule has 4 N–H and O–H groups in total. The number of nitrogens with zero attached hydrogens (tertiary/aromatic N) is 1. The van der Waals surface area contributed by atoms with Crippen LogP contribution in [0.15, 0.2) is 36.4 Å². The zero-order valence-electron chi connectivity index (χ0n) is 24.4. The van der Waals surface area contributed by atoms with Crippen LogP contribution in [0.5, 0.6) is 0 Å². The Morgan fingerprint density at radius 2 is 1.65 bits per heavy atom. The Morgan fingerprint density at radius 1 is 1.02 bits per heavy atom. The summed E-state index contributed by atoms with van der Waals surface area (Å²) < 4.78 is 5.33. The molecule has 218 valence electrons. The molecule has 40 heavy (non-hydrogen) atoms. The third-order valence-corrected chi connectivity index (χ3v) is 6.72. The van der Waals surface area contributed by atoms with Crippen LogP contribution in [0.25, 0.3) is 0 Å². The Labute approximate surface area is 241 Å².